The smallest absolute Gasteiger partial charge is 0.428 e. The average Bonchev–Trinajstić information content (AvgIpc) is 3.33. The summed E-state index contributed by atoms with van der Waals surface area (Å²) >= 11 is 0. The molecule has 3 rings (SSSR count). The molecule has 1 atom stereocenters. The van der Waals surface area contributed by atoms with Gasteiger partial charge in [0, 0.05) is 32.2 Å². The first-order valence-electron chi connectivity index (χ1n) is 7.87. The minimum atomic E-state index is -4.47. The maximum atomic E-state index is 13.1. The van der Waals surface area contributed by atoms with Gasteiger partial charge in [-0.05, 0) is 36.5 Å². The van der Waals surface area contributed by atoms with Crippen LogP contribution in [-0.4, -0.2) is 43.6 Å². The summed E-state index contributed by atoms with van der Waals surface area (Å²) in [5.41, 5.74) is 0.858. The first kappa shape index (κ1) is 16.5. The molecule has 1 heterocycles. The molecule has 3 nitrogen and oxygen atoms in total. The number of hydrogen-bond acceptors (Lipinski definition) is 3. The molecule has 1 saturated heterocycles. The van der Waals surface area contributed by atoms with Gasteiger partial charge in [0.05, 0.1) is 0 Å². The number of hydrogen-bond donors (Lipinski definition) is 1. The highest BCUT2D eigenvalue weighted by molar-refractivity contribution is 5.32. The van der Waals surface area contributed by atoms with Crippen LogP contribution >= 0.6 is 0 Å². The highest BCUT2D eigenvalue weighted by Gasteiger charge is 2.44. The number of halogens is 4. The second-order valence-corrected chi connectivity index (χ2v) is 6.11. The van der Waals surface area contributed by atoms with Crippen LogP contribution < -0.4 is 10.1 Å². The molecule has 128 valence electrons. The molecule has 0 bridgehead atoms. The molecule has 0 spiro atoms. The summed E-state index contributed by atoms with van der Waals surface area (Å²) in [5, 5.41) is 3.29. The fourth-order valence-corrected chi connectivity index (χ4v) is 3.12. The van der Waals surface area contributed by atoms with Gasteiger partial charge < -0.3 is 10.1 Å². The van der Waals surface area contributed by atoms with Crippen molar-refractivity contribution in [2.24, 2.45) is 5.92 Å². The molecule has 1 aromatic carbocycles. The summed E-state index contributed by atoms with van der Waals surface area (Å²) in [4.78, 5) is 2.33. The monoisotopic (exact) mass is 332 g/mol. The van der Waals surface area contributed by atoms with Crippen molar-refractivity contribution in [3.63, 3.8) is 0 Å². The Balaban J connectivity index is 1.79. The largest absolute Gasteiger partial charge is 0.461 e. The van der Waals surface area contributed by atoms with Gasteiger partial charge in [-0.1, -0.05) is 12.1 Å². The number of nitrogens with zero attached hydrogens (tertiary/aromatic N) is 1. The molecule has 1 aliphatic heterocycles. The molecule has 2 fully saturated rings. The van der Waals surface area contributed by atoms with Crippen LogP contribution in [0.4, 0.5) is 17.6 Å². The number of nitrogens with one attached hydrogen (secondary N) is 1. The van der Waals surface area contributed by atoms with Crippen molar-refractivity contribution < 1.29 is 22.3 Å². The Morgan fingerprint density at radius 2 is 1.87 bits per heavy atom. The summed E-state index contributed by atoms with van der Waals surface area (Å²) in [6, 6.07) is 6.35. The lowest BCUT2D eigenvalue weighted by Crippen LogP contribution is -2.45. The molecule has 1 N–H and O–H groups in total. The van der Waals surface area contributed by atoms with Gasteiger partial charge in [0.1, 0.15) is 5.75 Å². The first-order chi connectivity index (χ1) is 11.0. The standard InChI is InChI=1S/C16H20F4N2O/c17-15(18)16(19,20)23-13-3-1-2-12(10-13)14(11-4-5-11)22-8-6-21-7-9-22/h1-3,10-11,14-15,21H,4-9H2/t14-/m0/s1. The van der Waals surface area contributed by atoms with Crippen molar-refractivity contribution in [3.8, 4) is 5.75 Å². The predicted molar refractivity (Wildman–Crippen MR) is 77.9 cm³/mol. The van der Waals surface area contributed by atoms with E-state index < -0.39 is 12.5 Å². The van der Waals surface area contributed by atoms with E-state index in [1.54, 1.807) is 6.07 Å². The SMILES string of the molecule is FC(F)C(F)(F)Oc1cccc([C@H](C2CC2)N2CCNCC2)c1. The van der Waals surface area contributed by atoms with Gasteiger partial charge in [0.15, 0.2) is 0 Å². The summed E-state index contributed by atoms with van der Waals surface area (Å²) in [6.07, 6.45) is -6.11. The summed E-state index contributed by atoms with van der Waals surface area (Å²) in [7, 11) is 0. The number of rotatable bonds is 6. The van der Waals surface area contributed by atoms with Gasteiger partial charge in [0.25, 0.3) is 0 Å². The lowest BCUT2D eigenvalue weighted by atomic mass is 9.99. The van der Waals surface area contributed by atoms with Gasteiger partial charge in [-0.3, -0.25) is 4.90 Å². The van der Waals surface area contributed by atoms with E-state index in [1.807, 2.05) is 6.07 Å². The summed E-state index contributed by atoms with van der Waals surface area (Å²) in [6.45, 7) is 3.56. The van der Waals surface area contributed by atoms with E-state index in [-0.39, 0.29) is 11.8 Å². The number of benzene rings is 1. The molecule has 1 aromatic rings. The van der Waals surface area contributed by atoms with E-state index >= 15 is 0 Å². The Kier molecular flexibility index (Phi) is 4.77. The van der Waals surface area contributed by atoms with Gasteiger partial charge in [-0.2, -0.15) is 17.6 Å². The quantitative estimate of drug-likeness (QED) is 0.809. The fraction of sp³-hybridized carbons (Fsp3) is 0.625. The third-order valence-electron chi connectivity index (χ3n) is 4.32. The topological polar surface area (TPSA) is 24.5 Å². The Hall–Kier alpha value is -1.34. The molecule has 0 aromatic heterocycles. The van der Waals surface area contributed by atoms with E-state index in [9.17, 15) is 17.6 Å². The third-order valence-corrected chi connectivity index (χ3v) is 4.32. The minimum absolute atomic E-state index is 0.140. The maximum Gasteiger partial charge on any atom is 0.461 e. The Bertz CT molecular complexity index is 531. The molecule has 0 radical (unpaired) electrons. The van der Waals surface area contributed by atoms with Crippen molar-refractivity contribution >= 4 is 0 Å². The maximum absolute atomic E-state index is 13.1. The zero-order valence-corrected chi connectivity index (χ0v) is 12.7. The van der Waals surface area contributed by atoms with Gasteiger partial charge in [-0.25, -0.2) is 0 Å². The second-order valence-electron chi connectivity index (χ2n) is 6.11. The van der Waals surface area contributed by atoms with Gasteiger partial charge >= 0.3 is 12.5 Å². The van der Waals surface area contributed by atoms with Crippen LogP contribution in [-0.2, 0) is 0 Å². The first-order valence-corrected chi connectivity index (χ1v) is 7.87. The van der Waals surface area contributed by atoms with E-state index in [1.165, 1.54) is 12.1 Å². The molecule has 2 aliphatic rings. The third kappa shape index (κ3) is 3.95. The minimum Gasteiger partial charge on any atom is -0.428 e. The molecule has 0 amide bonds. The molecule has 1 aliphatic carbocycles. The fourth-order valence-electron chi connectivity index (χ4n) is 3.12. The number of ether oxygens (including phenoxy) is 1. The molecular weight excluding hydrogens is 312 g/mol. The van der Waals surface area contributed by atoms with E-state index in [0.717, 1.165) is 44.6 Å². The van der Waals surface area contributed by atoms with E-state index in [0.29, 0.717) is 5.92 Å². The lowest BCUT2D eigenvalue weighted by molar-refractivity contribution is -0.253. The zero-order valence-electron chi connectivity index (χ0n) is 12.7. The highest BCUT2D eigenvalue weighted by Crippen LogP contribution is 2.45. The van der Waals surface area contributed by atoms with Crippen molar-refractivity contribution in [2.75, 3.05) is 26.2 Å². The molecule has 1 saturated carbocycles. The van der Waals surface area contributed by atoms with Crippen LogP contribution in [0.1, 0.15) is 24.4 Å². The van der Waals surface area contributed by atoms with Crippen molar-refractivity contribution in [3.05, 3.63) is 29.8 Å². The van der Waals surface area contributed by atoms with Crippen LogP contribution in [0, 0.1) is 5.92 Å². The highest BCUT2D eigenvalue weighted by atomic mass is 19.3. The molecule has 7 heteroatoms. The summed E-state index contributed by atoms with van der Waals surface area (Å²) < 4.78 is 55.0. The Labute approximate surface area is 132 Å². The van der Waals surface area contributed by atoms with Crippen LogP contribution in [0.2, 0.25) is 0 Å². The van der Waals surface area contributed by atoms with Crippen LogP contribution in [0.25, 0.3) is 0 Å². The predicted octanol–water partition coefficient (Wildman–Crippen LogP) is 3.28. The number of piperazine rings is 1. The zero-order chi connectivity index (χ0) is 16.4. The van der Waals surface area contributed by atoms with E-state index in [2.05, 4.69) is 15.0 Å². The normalized spacial score (nSPS) is 21.4. The Morgan fingerprint density at radius 3 is 2.48 bits per heavy atom. The van der Waals surface area contributed by atoms with Crippen LogP contribution in [0.5, 0.6) is 5.75 Å². The van der Waals surface area contributed by atoms with E-state index in [4.69, 9.17) is 0 Å². The molecule has 23 heavy (non-hydrogen) atoms. The van der Waals surface area contributed by atoms with Crippen molar-refractivity contribution in [2.45, 2.75) is 31.4 Å². The Morgan fingerprint density at radius 1 is 1.17 bits per heavy atom. The van der Waals surface area contributed by atoms with Crippen LogP contribution in [0.3, 0.4) is 0 Å². The second kappa shape index (κ2) is 6.65. The molecule has 0 unspecified atom stereocenters. The van der Waals surface area contributed by atoms with Gasteiger partial charge in [-0.15, -0.1) is 0 Å². The number of alkyl halides is 4. The van der Waals surface area contributed by atoms with Gasteiger partial charge in [0.2, 0.25) is 0 Å². The summed E-state index contributed by atoms with van der Waals surface area (Å²) in [5.74, 6) is 0.285. The van der Waals surface area contributed by atoms with Crippen molar-refractivity contribution in [1.82, 2.24) is 10.2 Å². The van der Waals surface area contributed by atoms with Crippen molar-refractivity contribution in [1.29, 1.82) is 0 Å². The van der Waals surface area contributed by atoms with Crippen LogP contribution in [0.15, 0.2) is 24.3 Å². The molecular formula is C16H20F4N2O. The lowest BCUT2D eigenvalue weighted by Gasteiger charge is -2.35. The average molecular weight is 332 g/mol.